The van der Waals surface area contributed by atoms with Gasteiger partial charge in [0.1, 0.15) is 5.52 Å². The monoisotopic (exact) mass is 240 g/mol. The van der Waals surface area contributed by atoms with Crippen molar-refractivity contribution in [2.75, 3.05) is 5.73 Å². The number of nitrogens with zero attached hydrogens (tertiary/aromatic N) is 1. The second-order valence-electron chi connectivity index (χ2n) is 2.66. The van der Waals surface area contributed by atoms with Crippen molar-refractivity contribution in [2.24, 2.45) is 0 Å². The summed E-state index contributed by atoms with van der Waals surface area (Å²) in [6.07, 6.45) is 1.49. The molecule has 0 saturated heterocycles. The normalized spacial score (nSPS) is 10.6. The molecule has 0 atom stereocenters. The van der Waals surface area contributed by atoms with Gasteiger partial charge in [-0.05, 0) is 34.1 Å². The fourth-order valence-corrected chi connectivity index (χ4v) is 1.50. The predicted octanol–water partition coefficient (Wildman–Crippen LogP) is 2.72. The van der Waals surface area contributed by atoms with E-state index in [-0.39, 0.29) is 5.82 Å². The smallest absolute Gasteiger partial charge is 0.163 e. The molecular formula is C9H6BrFN2. The van der Waals surface area contributed by atoms with Crippen LogP contribution in [0.4, 0.5) is 10.1 Å². The standard InChI is InChI=1S/C9H6BrFN2/c10-6-2-1-5-7(12)3-4-13-9(5)8(6)11/h1-4H,(H2,12,13). The van der Waals surface area contributed by atoms with E-state index >= 15 is 0 Å². The van der Waals surface area contributed by atoms with Gasteiger partial charge in [0.05, 0.1) is 4.47 Å². The first kappa shape index (κ1) is 8.44. The molecule has 0 saturated carbocycles. The van der Waals surface area contributed by atoms with Gasteiger partial charge in [0.25, 0.3) is 0 Å². The quantitative estimate of drug-likeness (QED) is 0.770. The number of hydrogen-bond acceptors (Lipinski definition) is 2. The van der Waals surface area contributed by atoms with Crippen molar-refractivity contribution in [2.45, 2.75) is 0 Å². The molecule has 66 valence electrons. The highest BCUT2D eigenvalue weighted by atomic mass is 79.9. The van der Waals surface area contributed by atoms with Crippen LogP contribution in [0.15, 0.2) is 28.9 Å². The highest BCUT2D eigenvalue weighted by Gasteiger charge is 2.07. The average Bonchev–Trinajstić information content (AvgIpc) is 2.12. The summed E-state index contributed by atoms with van der Waals surface area (Å²) in [5, 5.41) is 0.642. The van der Waals surface area contributed by atoms with E-state index < -0.39 is 0 Å². The van der Waals surface area contributed by atoms with E-state index in [1.54, 1.807) is 18.2 Å². The minimum atomic E-state index is -0.371. The van der Waals surface area contributed by atoms with Crippen molar-refractivity contribution < 1.29 is 4.39 Å². The van der Waals surface area contributed by atoms with Gasteiger partial charge in [0.15, 0.2) is 5.82 Å². The van der Waals surface area contributed by atoms with Gasteiger partial charge in [-0.1, -0.05) is 0 Å². The van der Waals surface area contributed by atoms with Gasteiger partial charge < -0.3 is 5.73 Å². The van der Waals surface area contributed by atoms with Crippen molar-refractivity contribution in [1.29, 1.82) is 0 Å². The lowest BCUT2D eigenvalue weighted by molar-refractivity contribution is 0.630. The van der Waals surface area contributed by atoms with Crippen molar-refractivity contribution in [3.8, 4) is 0 Å². The molecule has 2 N–H and O–H groups in total. The summed E-state index contributed by atoms with van der Waals surface area (Å²) in [4.78, 5) is 3.92. The van der Waals surface area contributed by atoms with Crippen LogP contribution in [0.25, 0.3) is 10.9 Å². The molecule has 2 rings (SSSR count). The lowest BCUT2D eigenvalue weighted by Gasteiger charge is -2.02. The molecule has 0 amide bonds. The van der Waals surface area contributed by atoms with Crippen LogP contribution in [-0.4, -0.2) is 4.98 Å². The SMILES string of the molecule is Nc1ccnc2c(F)c(Br)ccc12. The topological polar surface area (TPSA) is 38.9 Å². The molecule has 2 aromatic rings. The molecule has 1 aromatic heterocycles. The third kappa shape index (κ3) is 1.27. The van der Waals surface area contributed by atoms with Crippen LogP contribution in [0, 0.1) is 5.82 Å². The minimum Gasteiger partial charge on any atom is -0.398 e. The number of hydrogen-bond donors (Lipinski definition) is 1. The Labute approximate surface area is 82.7 Å². The molecule has 0 aliphatic heterocycles. The lowest BCUT2D eigenvalue weighted by Crippen LogP contribution is -1.91. The van der Waals surface area contributed by atoms with E-state index in [4.69, 9.17) is 5.73 Å². The zero-order chi connectivity index (χ0) is 9.42. The van der Waals surface area contributed by atoms with Crippen molar-refractivity contribution in [3.05, 3.63) is 34.7 Å². The Balaban J connectivity index is 2.94. The number of nitrogens with two attached hydrogens (primary N) is 1. The Hall–Kier alpha value is -1.16. The van der Waals surface area contributed by atoms with Crippen LogP contribution in [0.2, 0.25) is 0 Å². The summed E-state index contributed by atoms with van der Waals surface area (Å²) in [6, 6.07) is 5.01. The largest absolute Gasteiger partial charge is 0.398 e. The van der Waals surface area contributed by atoms with Crippen LogP contribution in [0.1, 0.15) is 0 Å². The number of pyridine rings is 1. The predicted molar refractivity (Wildman–Crippen MR) is 53.8 cm³/mol. The van der Waals surface area contributed by atoms with Gasteiger partial charge in [-0.15, -0.1) is 0 Å². The summed E-state index contributed by atoms with van der Waals surface area (Å²) in [7, 11) is 0. The summed E-state index contributed by atoms with van der Waals surface area (Å²) in [5.74, 6) is -0.371. The highest BCUT2D eigenvalue weighted by molar-refractivity contribution is 9.10. The Morgan fingerprint density at radius 1 is 1.31 bits per heavy atom. The second-order valence-corrected chi connectivity index (χ2v) is 3.51. The van der Waals surface area contributed by atoms with Gasteiger partial charge in [-0.2, -0.15) is 0 Å². The highest BCUT2D eigenvalue weighted by Crippen LogP contribution is 2.26. The Kier molecular flexibility index (Phi) is 1.92. The second kappa shape index (κ2) is 2.96. The molecule has 4 heteroatoms. The van der Waals surface area contributed by atoms with Gasteiger partial charge in [0.2, 0.25) is 0 Å². The number of aromatic nitrogens is 1. The van der Waals surface area contributed by atoms with Crippen LogP contribution < -0.4 is 5.73 Å². The van der Waals surface area contributed by atoms with Gasteiger partial charge >= 0.3 is 0 Å². The fraction of sp³-hybridized carbons (Fsp3) is 0. The maximum atomic E-state index is 13.4. The summed E-state index contributed by atoms with van der Waals surface area (Å²) < 4.78 is 13.8. The van der Waals surface area contributed by atoms with Crippen molar-refractivity contribution in [1.82, 2.24) is 4.98 Å². The lowest BCUT2D eigenvalue weighted by atomic mass is 10.2. The number of nitrogen functional groups attached to an aromatic ring is 1. The maximum absolute atomic E-state index is 13.4. The molecule has 1 heterocycles. The first-order valence-electron chi connectivity index (χ1n) is 3.68. The molecule has 0 bridgehead atoms. The van der Waals surface area contributed by atoms with Gasteiger partial charge in [-0.3, -0.25) is 4.98 Å². The number of rotatable bonds is 0. The molecule has 13 heavy (non-hydrogen) atoms. The van der Waals surface area contributed by atoms with Gasteiger partial charge in [-0.25, -0.2) is 4.39 Å². The number of anilines is 1. The Morgan fingerprint density at radius 2 is 2.08 bits per heavy atom. The maximum Gasteiger partial charge on any atom is 0.163 e. The molecule has 0 radical (unpaired) electrons. The molecule has 1 aromatic carbocycles. The number of halogens is 2. The molecule has 0 aliphatic carbocycles. The number of benzene rings is 1. The van der Waals surface area contributed by atoms with Gasteiger partial charge in [0, 0.05) is 17.3 Å². The van der Waals surface area contributed by atoms with Crippen LogP contribution in [0.3, 0.4) is 0 Å². The summed E-state index contributed by atoms with van der Waals surface area (Å²) in [5.41, 5.74) is 6.49. The number of fused-ring (bicyclic) bond motifs is 1. The minimum absolute atomic E-state index is 0.300. The van der Waals surface area contributed by atoms with Crippen molar-refractivity contribution in [3.63, 3.8) is 0 Å². The van der Waals surface area contributed by atoms with E-state index in [0.717, 1.165) is 0 Å². The molecule has 2 nitrogen and oxygen atoms in total. The molecule has 0 spiro atoms. The zero-order valence-electron chi connectivity index (χ0n) is 6.59. The Bertz CT molecular complexity index is 470. The molecule has 0 fully saturated rings. The van der Waals surface area contributed by atoms with E-state index in [0.29, 0.717) is 21.1 Å². The van der Waals surface area contributed by atoms with Crippen LogP contribution in [0.5, 0.6) is 0 Å². The molecule has 0 unspecified atom stereocenters. The van der Waals surface area contributed by atoms with Crippen LogP contribution in [-0.2, 0) is 0 Å². The Morgan fingerprint density at radius 3 is 2.85 bits per heavy atom. The summed E-state index contributed by atoms with van der Waals surface area (Å²) in [6.45, 7) is 0. The molecular weight excluding hydrogens is 235 g/mol. The fourth-order valence-electron chi connectivity index (χ4n) is 1.18. The van der Waals surface area contributed by atoms with Crippen LogP contribution >= 0.6 is 15.9 Å². The summed E-state index contributed by atoms with van der Waals surface area (Å²) >= 11 is 3.09. The van der Waals surface area contributed by atoms with E-state index in [9.17, 15) is 4.39 Å². The van der Waals surface area contributed by atoms with E-state index in [1.807, 2.05) is 0 Å². The third-order valence-corrected chi connectivity index (χ3v) is 2.45. The van der Waals surface area contributed by atoms with E-state index in [2.05, 4.69) is 20.9 Å². The first-order valence-corrected chi connectivity index (χ1v) is 4.47. The first-order chi connectivity index (χ1) is 6.20. The van der Waals surface area contributed by atoms with Crippen molar-refractivity contribution >= 4 is 32.5 Å². The molecule has 0 aliphatic rings. The average molecular weight is 241 g/mol. The van der Waals surface area contributed by atoms with E-state index in [1.165, 1.54) is 6.20 Å². The zero-order valence-corrected chi connectivity index (χ0v) is 8.18. The third-order valence-electron chi connectivity index (χ3n) is 1.84.